The minimum atomic E-state index is -0.518. The number of allylic oxidation sites excluding steroid dienone is 1. The zero-order valence-corrected chi connectivity index (χ0v) is 20.8. The maximum Gasteiger partial charge on any atom is 0.267 e. The largest absolute Gasteiger partial charge is 0.504 e. The van der Waals surface area contributed by atoms with E-state index in [2.05, 4.69) is 62.4 Å². The van der Waals surface area contributed by atoms with Gasteiger partial charge in [0.2, 0.25) is 0 Å². The van der Waals surface area contributed by atoms with Gasteiger partial charge in [-0.1, -0.05) is 0 Å². The molecule has 0 saturated carbocycles. The van der Waals surface area contributed by atoms with Crippen LogP contribution in [-0.4, -0.2) is 55.7 Å². The lowest BCUT2D eigenvalue weighted by Crippen LogP contribution is -2.42. The Balaban J connectivity index is 1.58. The summed E-state index contributed by atoms with van der Waals surface area (Å²) in [5.41, 5.74) is 7.08. The summed E-state index contributed by atoms with van der Waals surface area (Å²) in [5, 5.41) is 16.3. The van der Waals surface area contributed by atoms with Crippen LogP contribution in [0.4, 0.5) is 5.95 Å². The highest BCUT2D eigenvalue weighted by Gasteiger charge is 2.38. The number of imidazole rings is 1. The second-order valence-electron chi connectivity index (χ2n) is 7.82. The molecule has 11 nitrogen and oxygen atoms in total. The van der Waals surface area contributed by atoms with E-state index in [4.69, 9.17) is 5.73 Å². The number of anilines is 1. The number of carbonyl (C=O) groups excluding carboxylic acids is 3. The number of hydrogen-bond donors (Lipinski definition) is 7. The summed E-state index contributed by atoms with van der Waals surface area (Å²) in [5.74, 6) is -2.40. The van der Waals surface area contributed by atoms with Gasteiger partial charge in [0.15, 0.2) is 17.5 Å². The monoisotopic (exact) mass is 593 g/mol. The van der Waals surface area contributed by atoms with Crippen LogP contribution >= 0.6 is 31.9 Å². The van der Waals surface area contributed by atoms with Crippen molar-refractivity contribution in [3.63, 3.8) is 0 Å². The smallest absolute Gasteiger partial charge is 0.267 e. The molecule has 1 aliphatic carbocycles. The Morgan fingerprint density at radius 2 is 1.68 bits per heavy atom. The van der Waals surface area contributed by atoms with Gasteiger partial charge in [0, 0.05) is 52.3 Å². The van der Waals surface area contributed by atoms with E-state index >= 15 is 0 Å². The van der Waals surface area contributed by atoms with Crippen LogP contribution in [0.3, 0.4) is 0 Å². The molecule has 0 spiro atoms. The van der Waals surface area contributed by atoms with Crippen molar-refractivity contribution < 1.29 is 19.5 Å². The summed E-state index contributed by atoms with van der Waals surface area (Å²) in [4.78, 5) is 50.3. The number of hydrogen-bond acceptors (Lipinski definition) is 6. The maximum absolute atomic E-state index is 12.6. The lowest BCUT2D eigenvalue weighted by molar-refractivity contribution is -0.119. The molecule has 0 saturated heterocycles. The minimum absolute atomic E-state index is 0.0117. The summed E-state index contributed by atoms with van der Waals surface area (Å²) in [6, 6.07) is 3.27. The average Bonchev–Trinajstić information content (AvgIpc) is 3.54. The van der Waals surface area contributed by atoms with Gasteiger partial charge in [-0.2, -0.15) is 0 Å². The van der Waals surface area contributed by atoms with Gasteiger partial charge in [-0.3, -0.25) is 14.4 Å². The number of aliphatic hydroxyl groups is 1. The summed E-state index contributed by atoms with van der Waals surface area (Å²) in [6.07, 6.45) is 4.68. The number of halogens is 2. The molecule has 178 valence electrons. The number of Topliss-reactive ketones (excluding diaryl/α,β-unsaturated/α-hetero) is 1. The van der Waals surface area contributed by atoms with Crippen molar-refractivity contribution in [3.8, 4) is 0 Å². The molecule has 3 heterocycles. The fourth-order valence-corrected chi connectivity index (χ4v) is 4.62. The predicted molar refractivity (Wildman–Crippen MR) is 131 cm³/mol. The molecule has 2 amide bonds. The van der Waals surface area contributed by atoms with E-state index in [-0.39, 0.29) is 42.8 Å². The van der Waals surface area contributed by atoms with Gasteiger partial charge in [0.25, 0.3) is 11.8 Å². The topological polar surface area (TPSA) is 182 Å². The molecule has 1 aliphatic rings. The van der Waals surface area contributed by atoms with E-state index in [0.29, 0.717) is 17.1 Å². The van der Waals surface area contributed by atoms with E-state index in [9.17, 15) is 19.5 Å². The molecule has 8 N–H and O–H groups in total. The first-order chi connectivity index (χ1) is 16.2. The van der Waals surface area contributed by atoms with Crippen LogP contribution in [0, 0.1) is 11.8 Å². The van der Waals surface area contributed by atoms with E-state index < -0.39 is 23.4 Å². The highest BCUT2D eigenvalue weighted by Crippen LogP contribution is 2.37. The van der Waals surface area contributed by atoms with Gasteiger partial charge in [-0.05, 0) is 49.9 Å². The number of aliphatic hydroxyl groups excluding tert-OH is 1. The molecular weight excluding hydrogens is 574 g/mol. The SMILES string of the molecule is Nc1ncc(C2=C(O)C(=O)C[C@H](CNC(=O)c3cc(Br)c[nH]3)[C@H]2CNC(=O)c2cc(Br)c[nH]2)[nH]1. The Morgan fingerprint density at radius 3 is 2.18 bits per heavy atom. The molecule has 0 radical (unpaired) electrons. The Labute approximate surface area is 210 Å². The van der Waals surface area contributed by atoms with Crippen LogP contribution in [-0.2, 0) is 4.79 Å². The minimum Gasteiger partial charge on any atom is -0.504 e. The molecule has 4 rings (SSSR count). The van der Waals surface area contributed by atoms with Crippen molar-refractivity contribution in [2.45, 2.75) is 6.42 Å². The third-order valence-electron chi connectivity index (χ3n) is 5.58. The van der Waals surface area contributed by atoms with Gasteiger partial charge >= 0.3 is 0 Å². The fourth-order valence-electron chi connectivity index (χ4n) is 3.94. The molecule has 0 unspecified atom stereocenters. The first-order valence-electron chi connectivity index (χ1n) is 10.2. The second kappa shape index (κ2) is 9.89. The molecule has 13 heteroatoms. The van der Waals surface area contributed by atoms with Gasteiger partial charge in [-0.25, -0.2) is 4.98 Å². The van der Waals surface area contributed by atoms with Gasteiger partial charge in [0.05, 0.1) is 11.9 Å². The molecule has 0 aliphatic heterocycles. The van der Waals surface area contributed by atoms with Crippen LogP contribution in [0.25, 0.3) is 5.57 Å². The van der Waals surface area contributed by atoms with E-state index in [1.807, 2.05) is 0 Å². The van der Waals surface area contributed by atoms with E-state index in [0.717, 1.165) is 8.95 Å². The number of nitrogens with two attached hydrogens (primary N) is 1. The molecule has 34 heavy (non-hydrogen) atoms. The van der Waals surface area contributed by atoms with Crippen molar-refractivity contribution in [1.82, 2.24) is 30.6 Å². The first kappa shape index (κ1) is 23.8. The molecule has 0 aromatic carbocycles. The highest BCUT2D eigenvalue weighted by atomic mass is 79.9. The first-order valence-corrected chi connectivity index (χ1v) is 11.8. The third-order valence-corrected chi connectivity index (χ3v) is 6.50. The number of amides is 2. The van der Waals surface area contributed by atoms with E-state index in [1.54, 1.807) is 24.5 Å². The van der Waals surface area contributed by atoms with Gasteiger partial charge < -0.3 is 36.4 Å². The molecule has 3 aromatic heterocycles. The molecule has 3 aromatic rings. The number of rotatable bonds is 7. The Hall–Kier alpha value is -3.32. The normalized spacial score (nSPS) is 18.2. The standard InChI is InChI=1S/C21H21Br2N7O4/c22-10-2-13(25-5-10)19(33)27-4-9-1-16(31)18(32)17(15-8-29-21(24)30-15)12(9)7-28-20(34)14-3-11(23)6-26-14/h2-3,5-6,8-9,12,25-26,32H,1,4,7H2,(H,27,33)(H,28,34)(H3,24,29,30)/t9-,12-/m1/s1. The number of carbonyl (C=O) groups is 3. The number of ketones is 1. The highest BCUT2D eigenvalue weighted by molar-refractivity contribution is 9.10. The van der Waals surface area contributed by atoms with Crippen LogP contribution in [0.2, 0.25) is 0 Å². The predicted octanol–water partition coefficient (Wildman–Crippen LogP) is 2.51. The van der Waals surface area contributed by atoms with Crippen molar-refractivity contribution in [1.29, 1.82) is 0 Å². The van der Waals surface area contributed by atoms with Crippen LogP contribution < -0.4 is 16.4 Å². The number of nitrogen functional groups attached to an aromatic ring is 1. The van der Waals surface area contributed by atoms with Crippen molar-refractivity contribution in [3.05, 3.63) is 62.5 Å². The Morgan fingerprint density at radius 1 is 1.09 bits per heavy atom. The summed E-state index contributed by atoms with van der Waals surface area (Å²) in [7, 11) is 0. The lowest BCUT2D eigenvalue weighted by atomic mass is 9.75. The molecular formula is C21H21Br2N7O4. The number of aromatic amines is 3. The van der Waals surface area contributed by atoms with Crippen LogP contribution in [0.5, 0.6) is 0 Å². The number of nitrogens with zero attached hydrogens (tertiary/aromatic N) is 1. The summed E-state index contributed by atoms with van der Waals surface area (Å²) in [6.45, 7) is 0.228. The van der Waals surface area contributed by atoms with Crippen LogP contribution in [0.1, 0.15) is 33.1 Å². The Kier molecular flexibility index (Phi) is 6.93. The van der Waals surface area contributed by atoms with Crippen molar-refractivity contribution in [2.75, 3.05) is 18.8 Å². The van der Waals surface area contributed by atoms with E-state index in [1.165, 1.54) is 6.20 Å². The Bertz CT molecular complexity index is 1280. The number of nitrogens with one attached hydrogen (secondary N) is 5. The fraction of sp³-hybridized carbons (Fsp3) is 0.238. The average molecular weight is 595 g/mol. The quantitative estimate of drug-likeness (QED) is 0.220. The zero-order valence-electron chi connectivity index (χ0n) is 17.6. The van der Waals surface area contributed by atoms with Gasteiger partial charge in [0.1, 0.15) is 11.4 Å². The van der Waals surface area contributed by atoms with Crippen molar-refractivity contribution >= 4 is 61.0 Å². The van der Waals surface area contributed by atoms with Crippen molar-refractivity contribution in [2.24, 2.45) is 11.8 Å². The van der Waals surface area contributed by atoms with Crippen LogP contribution in [0.15, 0.2) is 45.4 Å². The third kappa shape index (κ3) is 5.09. The number of H-pyrrole nitrogens is 3. The van der Waals surface area contributed by atoms with Gasteiger partial charge in [-0.15, -0.1) is 0 Å². The summed E-state index contributed by atoms with van der Waals surface area (Å²) >= 11 is 6.58. The zero-order chi connectivity index (χ0) is 24.4. The lowest BCUT2D eigenvalue weighted by Gasteiger charge is -2.33. The maximum atomic E-state index is 12.6. The molecule has 0 bridgehead atoms. The summed E-state index contributed by atoms with van der Waals surface area (Å²) < 4.78 is 1.46. The number of aromatic nitrogens is 4. The molecule has 2 atom stereocenters. The second-order valence-corrected chi connectivity index (χ2v) is 9.65. The molecule has 0 fully saturated rings.